The van der Waals surface area contributed by atoms with E-state index in [1.165, 1.54) is 16.2 Å². The van der Waals surface area contributed by atoms with E-state index in [0.29, 0.717) is 10.8 Å². The Hall–Kier alpha value is -3.89. The molecule has 4 aromatic rings. The zero-order valence-electron chi connectivity index (χ0n) is 17.6. The van der Waals surface area contributed by atoms with Gasteiger partial charge in [0.25, 0.3) is 5.56 Å². The Morgan fingerprint density at radius 2 is 1.94 bits per heavy atom. The number of nitrogens with one attached hydrogen (secondary N) is 2. The summed E-state index contributed by atoms with van der Waals surface area (Å²) in [5.41, 5.74) is 2.72. The van der Waals surface area contributed by atoms with Gasteiger partial charge in [-0.2, -0.15) is 10.1 Å². The van der Waals surface area contributed by atoms with Gasteiger partial charge < -0.3 is 14.4 Å². The molecule has 0 bridgehead atoms. The molecule has 11 heteroatoms. The maximum atomic E-state index is 12.6. The highest BCUT2D eigenvalue weighted by atomic mass is 35.5. The van der Waals surface area contributed by atoms with Crippen LogP contribution in [0.25, 0.3) is 11.2 Å². The summed E-state index contributed by atoms with van der Waals surface area (Å²) in [6.45, 7) is -0.0771. The van der Waals surface area contributed by atoms with Crippen molar-refractivity contribution in [2.24, 2.45) is 12.1 Å². The third-order valence-corrected chi connectivity index (χ3v) is 5.09. The minimum Gasteiger partial charge on any atom is -0.491 e. The second-order valence-electron chi connectivity index (χ2n) is 7.24. The first-order valence-electron chi connectivity index (χ1n) is 10.0. The van der Waals surface area contributed by atoms with Crippen molar-refractivity contribution in [3.05, 3.63) is 86.0 Å². The molecule has 33 heavy (non-hydrogen) atoms. The number of hydrazone groups is 1. The number of anilines is 1. The average molecular weight is 469 g/mol. The van der Waals surface area contributed by atoms with Crippen molar-refractivity contribution < 1.29 is 9.84 Å². The number of aliphatic hydroxyl groups is 1. The number of aromatic amines is 1. The Labute approximate surface area is 192 Å². The highest BCUT2D eigenvalue weighted by Crippen LogP contribution is 2.18. The number of nitrogens with zero attached hydrogens (tertiary/aromatic N) is 4. The van der Waals surface area contributed by atoms with Gasteiger partial charge in [0.1, 0.15) is 18.5 Å². The van der Waals surface area contributed by atoms with Crippen LogP contribution < -0.4 is 21.4 Å². The van der Waals surface area contributed by atoms with Gasteiger partial charge in [-0.05, 0) is 29.8 Å². The molecule has 2 aromatic heterocycles. The van der Waals surface area contributed by atoms with Crippen LogP contribution >= 0.6 is 11.6 Å². The number of benzene rings is 2. The third kappa shape index (κ3) is 5.13. The first kappa shape index (κ1) is 22.3. The lowest BCUT2D eigenvalue weighted by Crippen LogP contribution is -2.30. The van der Waals surface area contributed by atoms with Gasteiger partial charge in [0.05, 0.1) is 12.8 Å². The fourth-order valence-electron chi connectivity index (χ4n) is 3.19. The number of ether oxygens (including phenoxy) is 1. The first-order valence-corrected chi connectivity index (χ1v) is 10.4. The van der Waals surface area contributed by atoms with Crippen molar-refractivity contribution >= 4 is 34.9 Å². The number of aliphatic hydroxyl groups excluding tert-OH is 1. The zero-order chi connectivity index (χ0) is 23.4. The van der Waals surface area contributed by atoms with E-state index in [4.69, 9.17) is 16.3 Å². The van der Waals surface area contributed by atoms with Gasteiger partial charge in [0, 0.05) is 12.1 Å². The summed E-state index contributed by atoms with van der Waals surface area (Å²) in [5, 5.41) is 15.3. The second kappa shape index (κ2) is 9.72. The lowest BCUT2D eigenvalue weighted by atomic mass is 10.2. The fraction of sp³-hybridized carbons (Fsp3) is 0.182. The Kier molecular flexibility index (Phi) is 6.57. The van der Waals surface area contributed by atoms with Crippen molar-refractivity contribution in [3.63, 3.8) is 0 Å². The Morgan fingerprint density at radius 1 is 1.21 bits per heavy atom. The van der Waals surface area contributed by atoms with E-state index in [9.17, 15) is 14.7 Å². The molecule has 0 fully saturated rings. The molecule has 2 heterocycles. The molecule has 0 spiro atoms. The molecule has 1 atom stereocenters. The van der Waals surface area contributed by atoms with E-state index in [2.05, 4.69) is 20.5 Å². The molecule has 2 aromatic carbocycles. The molecule has 0 saturated carbocycles. The van der Waals surface area contributed by atoms with Gasteiger partial charge >= 0.3 is 5.69 Å². The van der Waals surface area contributed by atoms with E-state index < -0.39 is 17.4 Å². The van der Waals surface area contributed by atoms with E-state index in [0.717, 1.165) is 5.56 Å². The number of imidazole rings is 1. The van der Waals surface area contributed by atoms with Gasteiger partial charge in [0.15, 0.2) is 11.2 Å². The van der Waals surface area contributed by atoms with Crippen LogP contribution in [-0.4, -0.2) is 43.1 Å². The van der Waals surface area contributed by atoms with E-state index in [1.54, 1.807) is 30.5 Å². The predicted octanol–water partition coefficient (Wildman–Crippen LogP) is 1.96. The van der Waals surface area contributed by atoms with E-state index >= 15 is 0 Å². The number of hydrogen-bond acceptors (Lipinski definition) is 7. The molecule has 0 unspecified atom stereocenters. The molecule has 170 valence electrons. The molecule has 0 saturated heterocycles. The van der Waals surface area contributed by atoms with Gasteiger partial charge in [-0.15, -0.1) is 0 Å². The maximum absolute atomic E-state index is 12.6. The van der Waals surface area contributed by atoms with Crippen molar-refractivity contribution in [1.29, 1.82) is 0 Å². The van der Waals surface area contributed by atoms with Gasteiger partial charge in [-0.3, -0.25) is 14.3 Å². The van der Waals surface area contributed by atoms with Crippen LogP contribution in [-0.2, 0) is 13.6 Å². The van der Waals surface area contributed by atoms with E-state index in [1.807, 2.05) is 30.3 Å². The van der Waals surface area contributed by atoms with Crippen LogP contribution in [0.4, 0.5) is 5.95 Å². The summed E-state index contributed by atoms with van der Waals surface area (Å²) < 4.78 is 8.28. The minimum atomic E-state index is -0.992. The SMILES string of the molecule is Cn1c(=O)[nH]c(=O)c2c1nc(N/N=C/c1ccccc1)n2C[C@@H](O)COc1ccc(Cl)cc1. The highest BCUT2D eigenvalue weighted by Gasteiger charge is 2.20. The topological polar surface area (TPSA) is 127 Å². The van der Waals surface area contributed by atoms with Crippen LogP contribution in [0.1, 0.15) is 5.56 Å². The molecule has 0 aliphatic carbocycles. The van der Waals surface area contributed by atoms with Gasteiger partial charge in [-0.25, -0.2) is 10.2 Å². The largest absolute Gasteiger partial charge is 0.491 e. The molecule has 10 nitrogen and oxygen atoms in total. The summed E-state index contributed by atoms with van der Waals surface area (Å²) in [6, 6.07) is 16.1. The van der Waals surface area contributed by atoms with Crippen molar-refractivity contribution in [2.75, 3.05) is 12.0 Å². The lowest BCUT2D eigenvalue weighted by molar-refractivity contribution is 0.0938. The highest BCUT2D eigenvalue weighted by molar-refractivity contribution is 6.30. The normalized spacial score (nSPS) is 12.3. The van der Waals surface area contributed by atoms with Crippen molar-refractivity contribution in [2.45, 2.75) is 12.6 Å². The Balaban J connectivity index is 1.61. The zero-order valence-corrected chi connectivity index (χ0v) is 18.4. The Morgan fingerprint density at radius 3 is 2.67 bits per heavy atom. The number of rotatable bonds is 8. The van der Waals surface area contributed by atoms with Gasteiger partial charge in [0.2, 0.25) is 5.95 Å². The van der Waals surface area contributed by atoms with Crippen molar-refractivity contribution in [1.82, 2.24) is 19.1 Å². The monoisotopic (exact) mass is 468 g/mol. The summed E-state index contributed by atoms with van der Waals surface area (Å²) >= 11 is 5.87. The second-order valence-corrected chi connectivity index (χ2v) is 7.67. The molecule has 4 rings (SSSR count). The predicted molar refractivity (Wildman–Crippen MR) is 126 cm³/mol. The number of halogens is 1. The summed E-state index contributed by atoms with van der Waals surface area (Å²) in [7, 11) is 1.50. The fourth-order valence-corrected chi connectivity index (χ4v) is 3.31. The number of fused-ring (bicyclic) bond motifs is 1. The van der Waals surface area contributed by atoms with Gasteiger partial charge in [-0.1, -0.05) is 41.9 Å². The molecule has 3 N–H and O–H groups in total. The summed E-state index contributed by atoms with van der Waals surface area (Å²) in [6.07, 6.45) is 0.598. The lowest BCUT2D eigenvalue weighted by Gasteiger charge is -2.15. The summed E-state index contributed by atoms with van der Waals surface area (Å²) in [5.74, 6) is 0.731. The number of H-pyrrole nitrogens is 1. The maximum Gasteiger partial charge on any atom is 0.329 e. The average Bonchev–Trinajstić information content (AvgIpc) is 3.16. The summed E-state index contributed by atoms with van der Waals surface area (Å²) in [4.78, 5) is 31.2. The first-order chi connectivity index (χ1) is 15.9. The van der Waals surface area contributed by atoms with Crippen LogP contribution in [0.15, 0.2) is 69.3 Å². The molecule has 0 aliphatic rings. The van der Waals surface area contributed by atoms with Crippen LogP contribution in [0.3, 0.4) is 0 Å². The quantitative estimate of drug-likeness (QED) is 0.268. The molecule has 0 amide bonds. The molecule has 0 aliphatic heterocycles. The molecular weight excluding hydrogens is 448 g/mol. The third-order valence-electron chi connectivity index (χ3n) is 4.83. The number of aryl methyl sites for hydroxylation is 1. The van der Waals surface area contributed by atoms with E-state index in [-0.39, 0.29) is 30.3 Å². The Bertz CT molecular complexity index is 1390. The smallest absolute Gasteiger partial charge is 0.329 e. The van der Waals surface area contributed by atoms with Crippen LogP contribution in [0, 0.1) is 0 Å². The molecule has 0 radical (unpaired) electrons. The minimum absolute atomic E-state index is 0.0332. The van der Waals surface area contributed by atoms with Crippen molar-refractivity contribution in [3.8, 4) is 5.75 Å². The molecular formula is C22H21ClN6O4. The number of hydrogen-bond donors (Lipinski definition) is 3. The van der Waals surface area contributed by atoms with Crippen LogP contribution in [0.2, 0.25) is 5.02 Å². The van der Waals surface area contributed by atoms with Crippen LogP contribution in [0.5, 0.6) is 5.75 Å². The number of aromatic nitrogens is 4. The standard InChI is InChI=1S/C22H21ClN6O4/c1-28-19-18(20(31)26-22(28)32)29(12-16(30)13-33-17-9-7-15(23)8-10-17)21(25-19)27-24-11-14-5-3-2-4-6-14/h2-11,16,30H,12-13H2,1H3,(H,25,27)(H,26,31,32)/b24-11+/t16-/m1/s1.